The van der Waals surface area contributed by atoms with Gasteiger partial charge in [0.25, 0.3) is 5.56 Å². The number of nitrogens with one attached hydrogen (secondary N) is 1. The van der Waals surface area contributed by atoms with Gasteiger partial charge in [0.05, 0.1) is 11.9 Å². The number of aryl methyl sites for hydroxylation is 1. The number of rotatable bonds is 4. The summed E-state index contributed by atoms with van der Waals surface area (Å²) in [6.45, 7) is 2.99. The Morgan fingerprint density at radius 3 is 2.88 bits per heavy atom. The lowest BCUT2D eigenvalue weighted by atomic mass is 9.78. The Morgan fingerprint density at radius 1 is 1.65 bits per heavy atom. The van der Waals surface area contributed by atoms with Crippen molar-refractivity contribution < 1.29 is 0 Å². The Kier molecular flexibility index (Phi) is 3.40. The van der Waals surface area contributed by atoms with E-state index in [9.17, 15) is 4.79 Å². The highest BCUT2D eigenvalue weighted by molar-refractivity contribution is 6.32. The molecular formula is C11H17ClN4O. The number of hydrogen-bond donors (Lipinski definition) is 2. The first-order chi connectivity index (χ1) is 8.06. The third kappa shape index (κ3) is 2.45. The van der Waals surface area contributed by atoms with Gasteiger partial charge in [-0.2, -0.15) is 5.10 Å². The van der Waals surface area contributed by atoms with Crippen molar-refractivity contribution in [2.75, 3.05) is 11.9 Å². The number of nitrogens with zero attached hydrogens (tertiary/aromatic N) is 2. The van der Waals surface area contributed by atoms with Crippen LogP contribution in [0.4, 0.5) is 5.69 Å². The Morgan fingerprint density at radius 2 is 2.35 bits per heavy atom. The first kappa shape index (κ1) is 12.4. The van der Waals surface area contributed by atoms with Crippen LogP contribution in [-0.4, -0.2) is 21.9 Å². The second kappa shape index (κ2) is 4.66. The van der Waals surface area contributed by atoms with Crippen LogP contribution < -0.4 is 16.6 Å². The van der Waals surface area contributed by atoms with Gasteiger partial charge in [0.15, 0.2) is 0 Å². The van der Waals surface area contributed by atoms with Crippen LogP contribution in [0, 0.1) is 0 Å². The van der Waals surface area contributed by atoms with E-state index in [-0.39, 0.29) is 16.1 Å². The SMILES string of the molecule is CCn1ncc(NCC2(N)CCC2)c(Cl)c1=O. The zero-order valence-corrected chi connectivity index (χ0v) is 10.6. The van der Waals surface area contributed by atoms with E-state index in [4.69, 9.17) is 17.3 Å². The minimum Gasteiger partial charge on any atom is -0.381 e. The van der Waals surface area contributed by atoms with Crippen molar-refractivity contribution in [2.45, 2.75) is 38.3 Å². The molecule has 6 heteroatoms. The summed E-state index contributed by atoms with van der Waals surface area (Å²) in [7, 11) is 0. The Labute approximate surface area is 105 Å². The molecule has 0 unspecified atom stereocenters. The van der Waals surface area contributed by atoms with Gasteiger partial charge < -0.3 is 11.1 Å². The summed E-state index contributed by atoms with van der Waals surface area (Å²) in [5.74, 6) is 0. The predicted octanol–water partition coefficient (Wildman–Crippen LogP) is 1.21. The highest BCUT2D eigenvalue weighted by Crippen LogP contribution is 2.29. The Hall–Kier alpha value is -1.07. The fourth-order valence-electron chi connectivity index (χ4n) is 1.89. The summed E-state index contributed by atoms with van der Waals surface area (Å²) in [5, 5.41) is 7.32. The first-order valence-corrected chi connectivity index (χ1v) is 6.22. The van der Waals surface area contributed by atoms with E-state index in [1.807, 2.05) is 6.92 Å². The summed E-state index contributed by atoms with van der Waals surface area (Å²) in [4.78, 5) is 11.7. The van der Waals surface area contributed by atoms with Crippen LogP contribution in [0.15, 0.2) is 11.0 Å². The molecule has 5 nitrogen and oxygen atoms in total. The molecule has 1 aliphatic carbocycles. The minimum absolute atomic E-state index is 0.150. The standard InChI is InChI=1S/C11H17ClN4O/c1-2-16-10(17)9(12)8(6-15-16)14-7-11(13)4-3-5-11/h6,14H,2-5,7,13H2,1H3. The lowest BCUT2D eigenvalue weighted by molar-refractivity contribution is 0.265. The molecule has 0 aliphatic heterocycles. The van der Waals surface area contributed by atoms with E-state index in [1.54, 1.807) is 6.20 Å². The van der Waals surface area contributed by atoms with Crippen LogP contribution >= 0.6 is 11.6 Å². The maximum Gasteiger partial charge on any atom is 0.287 e. The van der Waals surface area contributed by atoms with Gasteiger partial charge in [-0.15, -0.1) is 0 Å². The molecule has 0 aromatic carbocycles. The summed E-state index contributed by atoms with van der Waals surface area (Å²) in [6, 6.07) is 0. The molecule has 1 aliphatic rings. The van der Waals surface area contributed by atoms with Crippen LogP contribution in [0.2, 0.25) is 5.02 Å². The van der Waals surface area contributed by atoms with Crippen LogP contribution in [0.1, 0.15) is 26.2 Å². The number of hydrogen-bond acceptors (Lipinski definition) is 4. The van der Waals surface area contributed by atoms with Crippen molar-refractivity contribution in [3.63, 3.8) is 0 Å². The molecule has 0 atom stereocenters. The van der Waals surface area contributed by atoms with Gasteiger partial charge in [0, 0.05) is 18.6 Å². The topological polar surface area (TPSA) is 72.9 Å². The number of anilines is 1. The molecule has 1 aromatic rings. The molecular weight excluding hydrogens is 240 g/mol. The van der Waals surface area contributed by atoms with Gasteiger partial charge in [0.2, 0.25) is 0 Å². The van der Waals surface area contributed by atoms with E-state index in [2.05, 4.69) is 10.4 Å². The fourth-order valence-corrected chi connectivity index (χ4v) is 2.11. The van der Waals surface area contributed by atoms with Crippen molar-refractivity contribution >= 4 is 17.3 Å². The summed E-state index contributed by atoms with van der Waals surface area (Å²) in [6.07, 6.45) is 4.77. The zero-order valence-electron chi connectivity index (χ0n) is 9.87. The van der Waals surface area contributed by atoms with Crippen molar-refractivity contribution in [1.29, 1.82) is 0 Å². The summed E-state index contributed by atoms with van der Waals surface area (Å²) < 4.78 is 1.33. The lowest BCUT2D eigenvalue weighted by Gasteiger charge is -2.38. The molecule has 3 N–H and O–H groups in total. The Bertz CT molecular complexity index is 467. The molecule has 1 saturated carbocycles. The molecule has 0 spiro atoms. The molecule has 0 bridgehead atoms. The molecule has 0 radical (unpaired) electrons. The molecule has 1 heterocycles. The summed E-state index contributed by atoms with van der Waals surface area (Å²) in [5.41, 5.74) is 6.24. The smallest absolute Gasteiger partial charge is 0.287 e. The average molecular weight is 257 g/mol. The van der Waals surface area contributed by atoms with Gasteiger partial charge in [-0.25, -0.2) is 4.68 Å². The predicted molar refractivity (Wildman–Crippen MR) is 68.4 cm³/mol. The van der Waals surface area contributed by atoms with Crippen LogP contribution in [-0.2, 0) is 6.54 Å². The molecule has 17 heavy (non-hydrogen) atoms. The van der Waals surface area contributed by atoms with Crippen molar-refractivity contribution in [3.8, 4) is 0 Å². The van der Waals surface area contributed by atoms with Gasteiger partial charge >= 0.3 is 0 Å². The average Bonchev–Trinajstić information content (AvgIpc) is 2.29. The van der Waals surface area contributed by atoms with Gasteiger partial charge in [-0.1, -0.05) is 11.6 Å². The maximum absolute atomic E-state index is 11.7. The van der Waals surface area contributed by atoms with Crippen molar-refractivity contribution in [2.24, 2.45) is 5.73 Å². The number of halogens is 1. The number of nitrogens with two attached hydrogens (primary N) is 1. The van der Waals surface area contributed by atoms with E-state index >= 15 is 0 Å². The molecule has 0 amide bonds. The van der Waals surface area contributed by atoms with Gasteiger partial charge in [-0.05, 0) is 26.2 Å². The largest absolute Gasteiger partial charge is 0.381 e. The van der Waals surface area contributed by atoms with Crippen LogP contribution in [0.25, 0.3) is 0 Å². The fraction of sp³-hybridized carbons (Fsp3) is 0.636. The van der Waals surface area contributed by atoms with Crippen LogP contribution in [0.5, 0.6) is 0 Å². The van der Waals surface area contributed by atoms with E-state index in [0.717, 1.165) is 12.8 Å². The normalized spacial score (nSPS) is 17.6. The molecule has 2 rings (SSSR count). The quantitative estimate of drug-likeness (QED) is 0.849. The van der Waals surface area contributed by atoms with Crippen LogP contribution in [0.3, 0.4) is 0 Å². The maximum atomic E-state index is 11.7. The van der Waals surface area contributed by atoms with Crippen molar-refractivity contribution in [3.05, 3.63) is 21.6 Å². The van der Waals surface area contributed by atoms with Gasteiger partial charge in [0.1, 0.15) is 5.02 Å². The molecule has 1 fully saturated rings. The second-order valence-corrected chi connectivity index (χ2v) is 4.94. The zero-order chi connectivity index (χ0) is 12.5. The third-order valence-corrected chi connectivity index (χ3v) is 3.63. The first-order valence-electron chi connectivity index (χ1n) is 5.84. The van der Waals surface area contributed by atoms with E-state index in [0.29, 0.717) is 18.8 Å². The Balaban J connectivity index is 2.11. The third-order valence-electron chi connectivity index (χ3n) is 3.26. The summed E-state index contributed by atoms with van der Waals surface area (Å²) >= 11 is 5.99. The molecule has 0 saturated heterocycles. The number of aromatic nitrogens is 2. The van der Waals surface area contributed by atoms with Gasteiger partial charge in [-0.3, -0.25) is 4.79 Å². The van der Waals surface area contributed by atoms with E-state index in [1.165, 1.54) is 11.1 Å². The highest BCUT2D eigenvalue weighted by Gasteiger charge is 2.32. The second-order valence-electron chi connectivity index (χ2n) is 4.56. The molecule has 1 aromatic heterocycles. The van der Waals surface area contributed by atoms with Crippen molar-refractivity contribution in [1.82, 2.24) is 9.78 Å². The highest BCUT2D eigenvalue weighted by atomic mass is 35.5. The monoisotopic (exact) mass is 256 g/mol. The molecule has 94 valence electrons. The lowest BCUT2D eigenvalue weighted by Crippen LogP contribution is -2.52. The van der Waals surface area contributed by atoms with E-state index < -0.39 is 0 Å². The minimum atomic E-state index is -0.265.